The maximum absolute atomic E-state index is 13.3. The van der Waals surface area contributed by atoms with Crippen LogP contribution in [0, 0.1) is 5.82 Å². The Kier molecular flexibility index (Phi) is 3.84. The van der Waals surface area contributed by atoms with Gasteiger partial charge >= 0.3 is 5.97 Å². The largest absolute Gasteiger partial charge is 0.466 e. The SMILES string of the molecule is CCOC(=O)Cc1ccc2c(c1)Nc1ccc(F)cc1S2. The molecule has 108 valence electrons. The summed E-state index contributed by atoms with van der Waals surface area (Å²) in [7, 11) is 0. The predicted molar refractivity (Wildman–Crippen MR) is 80.6 cm³/mol. The van der Waals surface area contributed by atoms with Crippen molar-refractivity contribution in [3.8, 4) is 0 Å². The molecule has 1 N–H and O–H groups in total. The normalized spacial score (nSPS) is 12.1. The molecular weight excluding hydrogens is 289 g/mol. The Bertz CT molecular complexity index is 703. The lowest BCUT2D eigenvalue weighted by atomic mass is 10.1. The number of hydrogen-bond acceptors (Lipinski definition) is 4. The predicted octanol–water partition coefficient (Wildman–Crippen LogP) is 4.14. The standard InChI is InChI=1S/C16H14FNO2S/c1-2-20-16(19)8-10-3-6-14-13(7-10)18-12-5-4-11(17)9-15(12)21-14/h3-7,9,18H,2,8H2,1H3. The summed E-state index contributed by atoms with van der Waals surface area (Å²) in [6.45, 7) is 2.18. The fraction of sp³-hybridized carbons (Fsp3) is 0.188. The lowest BCUT2D eigenvalue weighted by Crippen LogP contribution is -2.08. The molecule has 3 rings (SSSR count). The fourth-order valence-corrected chi connectivity index (χ4v) is 3.19. The van der Waals surface area contributed by atoms with Crippen LogP contribution < -0.4 is 5.32 Å². The number of benzene rings is 2. The first kappa shape index (κ1) is 13.9. The van der Waals surface area contributed by atoms with Crippen LogP contribution in [-0.4, -0.2) is 12.6 Å². The first-order valence-electron chi connectivity index (χ1n) is 6.68. The van der Waals surface area contributed by atoms with Crippen LogP contribution in [0.1, 0.15) is 12.5 Å². The quantitative estimate of drug-likeness (QED) is 0.738. The van der Waals surface area contributed by atoms with Crippen molar-refractivity contribution in [2.75, 3.05) is 11.9 Å². The van der Waals surface area contributed by atoms with E-state index in [-0.39, 0.29) is 18.2 Å². The van der Waals surface area contributed by atoms with Crippen LogP contribution in [0.15, 0.2) is 46.2 Å². The maximum atomic E-state index is 13.3. The third-order valence-electron chi connectivity index (χ3n) is 3.13. The average molecular weight is 303 g/mol. The molecule has 1 heterocycles. The molecule has 1 aliphatic rings. The highest BCUT2D eigenvalue weighted by Crippen LogP contribution is 2.44. The third kappa shape index (κ3) is 3.03. The van der Waals surface area contributed by atoms with Gasteiger partial charge in [0.2, 0.25) is 0 Å². The Balaban J connectivity index is 1.84. The van der Waals surface area contributed by atoms with Crippen LogP contribution in [0.4, 0.5) is 15.8 Å². The molecule has 3 nitrogen and oxygen atoms in total. The van der Waals surface area contributed by atoms with Gasteiger partial charge in [0.15, 0.2) is 0 Å². The molecule has 0 bridgehead atoms. The van der Waals surface area contributed by atoms with Crippen molar-refractivity contribution in [1.82, 2.24) is 0 Å². The number of carbonyl (C=O) groups is 1. The van der Waals surface area contributed by atoms with Crippen LogP contribution in [0.25, 0.3) is 0 Å². The number of fused-ring (bicyclic) bond motifs is 2. The summed E-state index contributed by atoms with van der Waals surface area (Å²) < 4.78 is 18.2. The zero-order chi connectivity index (χ0) is 14.8. The van der Waals surface area contributed by atoms with Gasteiger partial charge in [-0.15, -0.1) is 0 Å². The van der Waals surface area contributed by atoms with Crippen LogP contribution in [0.3, 0.4) is 0 Å². The average Bonchev–Trinajstić information content (AvgIpc) is 2.45. The van der Waals surface area contributed by atoms with Crippen molar-refractivity contribution >= 4 is 29.1 Å². The van der Waals surface area contributed by atoms with Gasteiger partial charge in [-0.05, 0) is 42.8 Å². The fourth-order valence-electron chi connectivity index (χ4n) is 2.20. The second-order valence-corrected chi connectivity index (χ2v) is 5.76. The highest BCUT2D eigenvalue weighted by atomic mass is 32.2. The van der Waals surface area contributed by atoms with Crippen molar-refractivity contribution in [2.45, 2.75) is 23.1 Å². The molecule has 0 aliphatic carbocycles. The molecule has 21 heavy (non-hydrogen) atoms. The van der Waals surface area contributed by atoms with Gasteiger partial charge in [-0.2, -0.15) is 0 Å². The Hall–Kier alpha value is -2.01. The summed E-state index contributed by atoms with van der Waals surface area (Å²) in [5, 5.41) is 3.27. The number of ether oxygens (including phenoxy) is 1. The van der Waals surface area contributed by atoms with E-state index in [4.69, 9.17) is 4.74 Å². The molecule has 0 radical (unpaired) electrons. The van der Waals surface area contributed by atoms with Gasteiger partial charge in [0.05, 0.1) is 24.4 Å². The van der Waals surface area contributed by atoms with Crippen molar-refractivity contribution in [3.05, 3.63) is 47.8 Å². The molecule has 0 unspecified atom stereocenters. The molecule has 5 heteroatoms. The van der Waals surface area contributed by atoms with Gasteiger partial charge in [-0.25, -0.2) is 4.39 Å². The van der Waals surface area contributed by atoms with Crippen molar-refractivity contribution in [2.24, 2.45) is 0 Å². The molecule has 0 saturated heterocycles. The van der Waals surface area contributed by atoms with Gasteiger partial charge in [0.25, 0.3) is 0 Å². The van der Waals surface area contributed by atoms with E-state index in [1.807, 2.05) is 18.2 Å². The van der Waals surface area contributed by atoms with E-state index in [2.05, 4.69) is 5.32 Å². The summed E-state index contributed by atoms with van der Waals surface area (Å²) in [5.74, 6) is -0.478. The lowest BCUT2D eigenvalue weighted by Gasteiger charge is -2.21. The van der Waals surface area contributed by atoms with E-state index in [0.717, 1.165) is 26.7 Å². The molecule has 2 aromatic rings. The smallest absolute Gasteiger partial charge is 0.310 e. The van der Waals surface area contributed by atoms with Gasteiger partial charge in [0.1, 0.15) is 5.82 Å². The van der Waals surface area contributed by atoms with Crippen LogP contribution in [0.2, 0.25) is 0 Å². The van der Waals surface area contributed by atoms with E-state index in [1.54, 1.807) is 13.0 Å². The molecule has 0 aromatic heterocycles. The molecule has 0 fully saturated rings. The minimum atomic E-state index is -0.245. The van der Waals surface area contributed by atoms with Crippen LogP contribution in [0.5, 0.6) is 0 Å². The molecular formula is C16H14FNO2S. The molecule has 2 aromatic carbocycles. The molecule has 0 atom stereocenters. The van der Waals surface area contributed by atoms with Gasteiger partial charge in [-0.3, -0.25) is 4.79 Å². The Morgan fingerprint density at radius 2 is 2.05 bits per heavy atom. The number of rotatable bonds is 3. The second-order valence-electron chi connectivity index (χ2n) is 4.68. The minimum absolute atomic E-state index is 0.233. The van der Waals surface area contributed by atoms with Crippen molar-refractivity contribution in [3.63, 3.8) is 0 Å². The van der Waals surface area contributed by atoms with E-state index in [1.165, 1.54) is 23.9 Å². The number of hydrogen-bond donors (Lipinski definition) is 1. The summed E-state index contributed by atoms with van der Waals surface area (Å²) in [5.41, 5.74) is 2.70. The summed E-state index contributed by atoms with van der Waals surface area (Å²) in [6, 6.07) is 10.4. The molecule has 0 amide bonds. The van der Waals surface area contributed by atoms with Crippen LogP contribution in [-0.2, 0) is 16.0 Å². The van der Waals surface area contributed by atoms with E-state index >= 15 is 0 Å². The summed E-state index contributed by atoms with van der Waals surface area (Å²) >= 11 is 1.52. The zero-order valence-electron chi connectivity index (χ0n) is 11.5. The van der Waals surface area contributed by atoms with Gasteiger partial charge in [0, 0.05) is 9.79 Å². The Morgan fingerprint density at radius 1 is 1.19 bits per heavy atom. The monoisotopic (exact) mass is 303 g/mol. The summed E-state index contributed by atoms with van der Waals surface area (Å²) in [6.07, 6.45) is 0.254. The van der Waals surface area contributed by atoms with Gasteiger partial charge < -0.3 is 10.1 Å². The van der Waals surface area contributed by atoms with Crippen molar-refractivity contribution < 1.29 is 13.9 Å². The minimum Gasteiger partial charge on any atom is -0.466 e. The topological polar surface area (TPSA) is 38.3 Å². The highest BCUT2D eigenvalue weighted by molar-refractivity contribution is 7.99. The van der Waals surface area contributed by atoms with E-state index < -0.39 is 0 Å². The van der Waals surface area contributed by atoms with Crippen LogP contribution >= 0.6 is 11.8 Å². The number of carbonyl (C=O) groups excluding carboxylic acids is 1. The number of esters is 1. The molecule has 1 aliphatic heterocycles. The Morgan fingerprint density at radius 3 is 2.86 bits per heavy atom. The summed E-state index contributed by atoms with van der Waals surface area (Å²) in [4.78, 5) is 13.4. The maximum Gasteiger partial charge on any atom is 0.310 e. The van der Waals surface area contributed by atoms with Crippen molar-refractivity contribution in [1.29, 1.82) is 0 Å². The van der Waals surface area contributed by atoms with E-state index in [0.29, 0.717) is 6.61 Å². The molecule has 0 saturated carbocycles. The Labute approximate surface area is 126 Å². The first-order chi connectivity index (χ1) is 10.2. The lowest BCUT2D eigenvalue weighted by molar-refractivity contribution is -0.142. The number of anilines is 2. The molecule has 0 spiro atoms. The zero-order valence-corrected chi connectivity index (χ0v) is 12.3. The highest BCUT2D eigenvalue weighted by Gasteiger charge is 2.17. The third-order valence-corrected chi connectivity index (χ3v) is 4.26. The van der Waals surface area contributed by atoms with Gasteiger partial charge in [-0.1, -0.05) is 17.8 Å². The number of halogens is 1. The number of nitrogens with one attached hydrogen (secondary N) is 1. The van der Waals surface area contributed by atoms with E-state index in [9.17, 15) is 9.18 Å². The first-order valence-corrected chi connectivity index (χ1v) is 7.50. The second kappa shape index (κ2) is 5.77.